The third-order valence-electron chi connectivity index (χ3n) is 5.31. The van der Waals surface area contributed by atoms with Gasteiger partial charge in [-0.1, -0.05) is 12.8 Å². The van der Waals surface area contributed by atoms with E-state index in [2.05, 4.69) is 22.6 Å². The van der Waals surface area contributed by atoms with Crippen molar-refractivity contribution >= 4 is 5.91 Å². The van der Waals surface area contributed by atoms with Crippen LogP contribution in [-0.2, 0) is 4.79 Å². The Hall–Kier alpha value is -0.610. The summed E-state index contributed by atoms with van der Waals surface area (Å²) in [6, 6.07) is 1.85. The van der Waals surface area contributed by atoms with E-state index in [9.17, 15) is 4.79 Å². The number of rotatable bonds is 2. The number of carbonyl (C=O) groups excluding carboxylic acids is 1. The Morgan fingerprint density at radius 3 is 2.47 bits per heavy atom. The van der Waals surface area contributed by atoms with Crippen LogP contribution in [0.2, 0.25) is 0 Å². The predicted octanol–water partition coefficient (Wildman–Crippen LogP) is 1.26. The number of nitrogens with zero attached hydrogens (tertiary/aromatic N) is 1. The number of fused-ring (bicyclic) bond motifs is 2. The molecule has 0 aromatic heterocycles. The maximum absolute atomic E-state index is 12.3. The molecular weight excluding hydrogens is 238 g/mol. The van der Waals surface area contributed by atoms with Crippen LogP contribution in [0.5, 0.6) is 0 Å². The fourth-order valence-electron chi connectivity index (χ4n) is 4.11. The SMILES string of the molecule is CN1C2CCCC1CC(NC(=O)C1CCCCN1)C2. The summed E-state index contributed by atoms with van der Waals surface area (Å²) in [5, 5.41) is 6.65. The lowest BCUT2D eigenvalue weighted by Gasteiger charge is -2.47. The van der Waals surface area contributed by atoms with E-state index >= 15 is 0 Å². The fraction of sp³-hybridized carbons (Fsp3) is 0.933. The minimum atomic E-state index is 0.0632. The average molecular weight is 265 g/mol. The zero-order valence-electron chi connectivity index (χ0n) is 12.0. The van der Waals surface area contributed by atoms with Gasteiger partial charge in [-0.25, -0.2) is 0 Å². The van der Waals surface area contributed by atoms with E-state index in [1.54, 1.807) is 0 Å². The van der Waals surface area contributed by atoms with Gasteiger partial charge in [0.05, 0.1) is 6.04 Å². The van der Waals surface area contributed by atoms with Gasteiger partial charge in [-0.05, 0) is 52.1 Å². The van der Waals surface area contributed by atoms with Gasteiger partial charge in [0.1, 0.15) is 0 Å². The molecule has 3 atom stereocenters. The number of piperidine rings is 3. The largest absolute Gasteiger partial charge is 0.352 e. The summed E-state index contributed by atoms with van der Waals surface area (Å²) in [5.41, 5.74) is 0. The minimum Gasteiger partial charge on any atom is -0.352 e. The van der Waals surface area contributed by atoms with Crippen LogP contribution in [0, 0.1) is 0 Å². The molecule has 0 aromatic rings. The van der Waals surface area contributed by atoms with Crippen molar-refractivity contribution in [3.8, 4) is 0 Å². The second-order valence-electron chi connectivity index (χ2n) is 6.58. The first kappa shape index (κ1) is 13.4. The zero-order chi connectivity index (χ0) is 13.2. The molecule has 108 valence electrons. The number of hydrogen-bond acceptors (Lipinski definition) is 3. The molecule has 3 heterocycles. The molecule has 19 heavy (non-hydrogen) atoms. The highest BCUT2D eigenvalue weighted by atomic mass is 16.2. The molecule has 3 aliphatic heterocycles. The minimum absolute atomic E-state index is 0.0632. The Kier molecular flexibility index (Phi) is 4.08. The molecule has 3 fully saturated rings. The Balaban J connectivity index is 1.54. The Labute approximate surface area is 116 Å². The van der Waals surface area contributed by atoms with Crippen LogP contribution in [0.1, 0.15) is 51.4 Å². The Morgan fingerprint density at radius 2 is 1.84 bits per heavy atom. The van der Waals surface area contributed by atoms with Gasteiger partial charge < -0.3 is 15.5 Å². The van der Waals surface area contributed by atoms with E-state index in [1.165, 1.54) is 32.1 Å². The number of nitrogens with one attached hydrogen (secondary N) is 2. The number of carbonyl (C=O) groups is 1. The lowest BCUT2D eigenvalue weighted by molar-refractivity contribution is -0.125. The number of hydrogen-bond donors (Lipinski definition) is 2. The molecule has 0 radical (unpaired) electrons. The van der Waals surface area contributed by atoms with Crippen LogP contribution in [0.4, 0.5) is 0 Å². The lowest BCUT2D eigenvalue weighted by atomic mass is 9.82. The summed E-state index contributed by atoms with van der Waals surface area (Å²) in [6.45, 7) is 0.997. The van der Waals surface area contributed by atoms with Gasteiger partial charge in [-0.15, -0.1) is 0 Å². The van der Waals surface area contributed by atoms with Crippen LogP contribution in [0.15, 0.2) is 0 Å². The highest BCUT2D eigenvalue weighted by Gasteiger charge is 2.37. The standard InChI is InChI=1S/C15H27N3O/c1-18-12-5-4-6-13(18)10-11(9-12)17-15(19)14-7-2-3-8-16-14/h11-14,16H,2-10H2,1H3,(H,17,19). The quantitative estimate of drug-likeness (QED) is 0.790. The van der Waals surface area contributed by atoms with Crippen LogP contribution in [0.3, 0.4) is 0 Å². The van der Waals surface area contributed by atoms with E-state index in [-0.39, 0.29) is 11.9 Å². The van der Waals surface area contributed by atoms with Crippen LogP contribution >= 0.6 is 0 Å². The van der Waals surface area contributed by atoms with E-state index in [0.717, 1.165) is 25.8 Å². The van der Waals surface area contributed by atoms with Crippen molar-refractivity contribution in [2.75, 3.05) is 13.6 Å². The van der Waals surface area contributed by atoms with Gasteiger partial charge in [0, 0.05) is 18.1 Å². The summed E-state index contributed by atoms with van der Waals surface area (Å²) in [5.74, 6) is 0.243. The normalized spacial score (nSPS) is 39.8. The van der Waals surface area contributed by atoms with Gasteiger partial charge in [-0.3, -0.25) is 4.79 Å². The lowest BCUT2D eigenvalue weighted by Crippen LogP contribution is -2.57. The van der Waals surface area contributed by atoms with Crippen molar-refractivity contribution in [1.29, 1.82) is 0 Å². The van der Waals surface area contributed by atoms with Crippen LogP contribution in [0.25, 0.3) is 0 Å². The van der Waals surface area contributed by atoms with E-state index in [4.69, 9.17) is 0 Å². The molecule has 3 saturated heterocycles. The van der Waals surface area contributed by atoms with E-state index < -0.39 is 0 Å². The Bertz CT molecular complexity index is 313. The molecule has 3 rings (SSSR count). The van der Waals surface area contributed by atoms with Crippen molar-refractivity contribution in [2.45, 2.75) is 75.5 Å². The van der Waals surface area contributed by atoms with E-state index in [1.807, 2.05) is 0 Å². The molecule has 3 aliphatic rings. The van der Waals surface area contributed by atoms with Crippen molar-refractivity contribution in [3.05, 3.63) is 0 Å². The molecule has 0 spiro atoms. The summed E-state index contributed by atoms with van der Waals surface area (Å²) in [7, 11) is 2.26. The van der Waals surface area contributed by atoms with Gasteiger partial charge >= 0.3 is 0 Å². The molecule has 2 N–H and O–H groups in total. The third kappa shape index (κ3) is 2.95. The molecule has 4 nitrogen and oxygen atoms in total. The molecule has 2 bridgehead atoms. The number of amides is 1. The summed E-state index contributed by atoms with van der Waals surface area (Å²) in [6.07, 6.45) is 9.67. The molecule has 1 amide bonds. The summed E-state index contributed by atoms with van der Waals surface area (Å²) >= 11 is 0. The van der Waals surface area contributed by atoms with Crippen molar-refractivity contribution in [2.24, 2.45) is 0 Å². The molecule has 0 aromatic carbocycles. The first-order valence-corrected chi connectivity index (χ1v) is 8.00. The molecule has 3 unspecified atom stereocenters. The third-order valence-corrected chi connectivity index (χ3v) is 5.31. The van der Waals surface area contributed by atoms with Crippen molar-refractivity contribution in [3.63, 3.8) is 0 Å². The highest BCUT2D eigenvalue weighted by Crippen LogP contribution is 2.32. The smallest absolute Gasteiger partial charge is 0.237 e. The predicted molar refractivity (Wildman–Crippen MR) is 76.0 cm³/mol. The molecule has 0 aliphatic carbocycles. The fourth-order valence-corrected chi connectivity index (χ4v) is 4.11. The van der Waals surface area contributed by atoms with Crippen molar-refractivity contribution in [1.82, 2.24) is 15.5 Å². The maximum Gasteiger partial charge on any atom is 0.237 e. The molecule has 4 heteroatoms. The van der Waals surface area contributed by atoms with Gasteiger partial charge in [0.2, 0.25) is 5.91 Å². The first-order valence-electron chi connectivity index (χ1n) is 8.00. The molecular formula is C15H27N3O. The topological polar surface area (TPSA) is 44.4 Å². The van der Waals surface area contributed by atoms with Gasteiger partial charge in [0.15, 0.2) is 0 Å². The monoisotopic (exact) mass is 265 g/mol. The van der Waals surface area contributed by atoms with Crippen LogP contribution < -0.4 is 10.6 Å². The summed E-state index contributed by atoms with van der Waals surface area (Å²) in [4.78, 5) is 14.8. The van der Waals surface area contributed by atoms with Gasteiger partial charge in [0.25, 0.3) is 0 Å². The second kappa shape index (κ2) is 5.80. The average Bonchev–Trinajstić information content (AvgIpc) is 2.41. The summed E-state index contributed by atoms with van der Waals surface area (Å²) < 4.78 is 0. The van der Waals surface area contributed by atoms with E-state index in [0.29, 0.717) is 18.1 Å². The maximum atomic E-state index is 12.3. The zero-order valence-corrected chi connectivity index (χ0v) is 12.0. The molecule has 0 saturated carbocycles. The first-order chi connectivity index (χ1) is 9.24. The highest BCUT2D eigenvalue weighted by molar-refractivity contribution is 5.82. The van der Waals surface area contributed by atoms with Crippen LogP contribution in [-0.4, -0.2) is 48.6 Å². The van der Waals surface area contributed by atoms with Crippen molar-refractivity contribution < 1.29 is 4.79 Å². The van der Waals surface area contributed by atoms with Gasteiger partial charge in [-0.2, -0.15) is 0 Å². The second-order valence-corrected chi connectivity index (χ2v) is 6.58. The Morgan fingerprint density at radius 1 is 1.11 bits per heavy atom.